The van der Waals surface area contributed by atoms with Crippen molar-refractivity contribution in [2.45, 2.75) is 13.8 Å². The average molecular weight is 298 g/mol. The van der Waals surface area contributed by atoms with E-state index in [1.54, 1.807) is 12.1 Å². The van der Waals surface area contributed by atoms with Crippen LogP contribution in [0.3, 0.4) is 0 Å². The maximum absolute atomic E-state index is 9.58. The van der Waals surface area contributed by atoms with Gasteiger partial charge < -0.3 is 5.11 Å². The summed E-state index contributed by atoms with van der Waals surface area (Å²) in [4.78, 5) is 0. The summed E-state index contributed by atoms with van der Waals surface area (Å²) < 4.78 is 0. The van der Waals surface area contributed by atoms with Crippen LogP contribution in [0.25, 0.3) is 32.7 Å². The molecule has 4 aromatic rings. The van der Waals surface area contributed by atoms with Gasteiger partial charge in [0, 0.05) is 0 Å². The van der Waals surface area contributed by atoms with Crippen molar-refractivity contribution in [1.82, 2.24) is 0 Å². The van der Waals surface area contributed by atoms with Crippen LogP contribution in [-0.4, -0.2) is 5.11 Å². The van der Waals surface area contributed by atoms with E-state index in [0.717, 1.165) is 5.56 Å². The summed E-state index contributed by atoms with van der Waals surface area (Å²) in [5, 5.41) is 14.6. The molecule has 1 nitrogen and oxygen atoms in total. The van der Waals surface area contributed by atoms with Crippen molar-refractivity contribution < 1.29 is 5.11 Å². The van der Waals surface area contributed by atoms with Crippen LogP contribution in [0.5, 0.6) is 5.75 Å². The van der Waals surface area contributed by atoms with Crippen LogP contribution in [0.4, 0.5) is 0 Å². The number of fused-ring (bicyclic) bond motifs is 2. The highest BCUT2D eigenvalue weighted by molar-refractivity contribution is 6.06. The third-order valence-electron chi connectivity index (χ3n) is 4.68. The number of phenolic OH excluding ortho intramolecular Hbond substituents is 1. The van der Waals surface area contributed by atoms with Gasteiger partial charge in [-0.3, -0.25) is 0 Å². The highest BCUT2D eigenvalue weighted by Crippen LogP contribution is 2.36. The number of hydrogen-bond donors (Lipinski definition) is 1. The third-order valence-corrected chi connectivity index (χ3v) is 4.68. The van der Waals surface area contributed by atoms with Crippen LogP contribution in [0.15, 0.2) is 66.7 Å². The largest absolute Gasteiger partial charge is 0.508 e. The molecular formula is C22H18O. The van der Waals surface area contributed by atoms with Crippen molar-refractivity contribution >= 4 is 21.5 Å². The minimum atomic E-state index is 0.300. The number of aromatic hydroxyl groups is 1. The van der Waals surface area contributed by atoms with Gasteiger partial charge in [0.1, 0.15) is 5.75 Å². The standard InChI is InChI=1S/C22H18O/c1-14-11-19-12-17-5-3-4-6-18(17)13-21(19)22(15(14)2)16-7-9-20(23)10-8-16/h3-13,23H,1-2H3. The van der Waals surface area contributed by atoms with Crippen LogP contribution in [0, 0.1) is 13.8 Å². The first-order valence-corrected chi connectivity index (χ1v) is 7.85. The Hall–Kier alpha value is -2.80. The molecule has 0 amide bonds. The minimum absolute atomic E-state index is 0.300. The first-order chi connectivity index (χ1) is 11.1. The van der Waals surface area contributed by atoms with Crippen molar-refractivity contribution in [3.8, 4) is 16.9 Å². The third kappa shape index (κ3) is 2.25. The second-order valence-electron chi connectivity index (χ2n) is 6.16. The predicted molar refractivity (Wildman–Crippen MR) is 98.0 cm³/mol. The van der Waals surface area contributed by atoms with Crippen LogP contribution in [0.1, 0.15) is 11.1 Å². The molecule has 0 bridgehead atoms. The van der Waals surface area contributed by atoms with Crippen LogP contribution < -0.4 is 0 Å². The van der Waals surface area contributed by atoms with Gasteiger partial charge in [0.15, 0.2) is 0 Å². The maximum atomic E-state index is 9.58. The Morgan fingerprint density at radius 1 is 0.696 bits per heavy atom. The maximum Gasteiger partial charge on any atom is 0.115 e. The van der Waals surface area contributed by atoms with E-state index in [-0.39, 0.29) is 0 Å². The molecule has 0 spiro atoms. The topological polar surface area (TPSA) is 20.2 Å². The molecule has 0 radical (unpaired) electrons. The Morgan fingerprint density at radius 2 is 1.35 bits per heavy atom. The summed E-state index contributed by atoms with van der Waals surface area (Å²) in [6, 6.07) is 22.8. The Morgan fingerprint density at radius 3 is 2.04 bits per heavy atom. The second kappa shape index (κ2) is 5.13. The van der Waals surface area contributed by atoms with E-state index in [2.05, 4.69) is 56.3 Å². The lowest BCUT2D eigenvalue weighted by Crippen LogP contribution is -1.91. The van der Waals surface area contributed by atoms with Crippen molar-refractivity contribution in [3.05, 3.63) is 77.9 Å². The Labute approximate surface area is 135 Å². The molecule has 0 heterocycles. The number of rotatable bonds is 1. The van der Waals surface area contributed by atoms with E-state index >= 15 is 0 Å². The zero-order valence-electron chi connectivity index (χ0n) is 13.3. The van der Waals surface area contributed by atoms with Gasteiger partial charge in [-0.05, 0) is 81.9 Å². The van der Waals surface area contributed by atoms with E-state index in [4.69, 9.17) is 0 Å². The quantitative estimate of drug-likeness (QED) is 0.428. The average Bonchev–Trinajstić information content (AvgIpc) is 2.56. The predicted octanol–water partition coefficient (Wildman–Crippen LogP) is 5.98. The molecule has 0 aliphatic carbocycles. The number of hydrogen-bond acceptors (Lipinski definition) is 1. The number of aryl methyl sites for hydroxylation is 1. The monoisotopic (exact) mass is 298 g/mol. The molecule has 0 saturated heterocycles. The summed E-state index contributed by atoms with van der Waals surface area (Å²) in [5.74, 6) is 0.300. The summed E-state index contributed by atoms with van der Waals surface area (Å²) in [7, 11) is 0. The number of benzene rings is 4. The Kier molecular flexibility index (Phi) is 3.09. The summed E-state index contributed by atoms with van der Waals surface area (Å²) >= 11 is 0. The van der Waals surface area contributed by atoms with Gasteiger partial charge in [-0.2, -0.15) is 0 Å². The van der Waals surface area contributed by atoms with Gasteiger partial charge in [-0.25, -0.2) is 0 Å². The molecule has 1 heteroatoms. The highest BCUT2D eigenvalue weighted by Gasteiger charge is 2.11. The van der Waals surface area contributed by atoms with Gasteiger partial charge >= 0.3 is 0 Å². The van der Waals surface area contributed by atoms with Gasteiger partial charge in [0.05, 0.1) is 0 Å². The molecule has 0 atom stereocenters. The molecule has 23 heavy (non-hydrogen) atoms. The molecule has 0 saturated carbocycles. The van der Waals surface area contributed by atoms with Gasteiger partial charge in [0.2, 0.25) is 0 Å². The van der Waals surface area contributed by atoms with E-state index in [9.17, 15) is 5.11 Å². The first-order valence-electron chi connectivity index (χ1n) is 7.85. The number of phenols is 1. The zero-order chi connectivity index (χ0) is 16.0. The van der Waals surface area contributed by atoms with Crippen molar-refractivity contribution in [3.63, 3.8) is 0 Å². The molecule has 4 rings (SSSR count). The van der Waals surface area contributed by atoms with Crippen LogP contribution >= 0.6 is 0 Å². The minimum Gasteiger partial charge on any atom is -0.508 e. The van der Waals surface area contributed by atoms with Gasteiger partial charge in [-0.1, -0.05) is 42.5 Å². The summed E-state index contributed by atoms with van der Waals surface area (Å²) in [5.41, 5.74) is 4.98. The summed E-state index contributed by atoms with van der Waals surface area (Å²) in [6.07, 6.45) is 0. The lowest BCUT2D eigenvalue weighted by Gasteiger charge is -2.15. The van der Waals surface area contributed by atoms with Crippen LogP contribution in [-0.2, 0) is 0 Å². The first kappa shape index (κ1) is 13.8. The fourth-order valence-electron chi connectivity index (χ4n) is 3.33. The highest BCUT2D eigenvalue weighted by atomic mass is 16.3. The molecule has 0 aromatic heterocycles. The molecular weight excluding hydrogens is 280 g/mol. The Bertz CT molecular complexity index is 1030. The molecule has 112 valence electrons. The fourth-order valence-corrected chi connectivity index (χ4v) is 3.33. The molecule has 4 aromatic carbocycles. The SMILES string of the molecule is Cc1cc2cc3ccccc3cc2c(-c2ccc(O)cc2)c1C. The van der Waals surface area contributed by atoms with E-state index in [0.29, 0.717) is 5.75 Å². The van der Waals surface area contributed by atoms with Crippen molar-refractivity contribution in [2.75, 3.05) is 0 Å². The molecule has 0 unspecified atom stereocenters. The van der Waals surface area contributed by atoms with Crippen molar-refractivity contribution in [2.24, 2.45) is 0 Å². The van der Waals surface area contributed by atoms with Gasteiger partial charge in [-0.15, -0.1) is 0 Å². The smallest absolute Gasteiger partial charge is 0.115 e. The molecule has 0 aliphatic heterocycles. The molecule has 1 N–H and O–H groups in total. The molecule has 0 aliphatic rings. The van der Waals surface area contributed by atoms with Crippen LogP contribution in [0.2, 0.25) is 0 Å². The van der Waals surface area contributed by atoms with Crippen molar-refractivity contribution in [1.29, 1.82) is 0 Å². The zero-order valence-corrected chi connectivity index (χ0v) is 13.3. The lowest BCUT2D eigenvalue weighted by atomic mass is 9.89. The lowest BCUT2D eigenvalue weighted by molar-refractivity contribution is 0.475. The fraction of sp³-hybridized carbons (Fsp3) is 0.0909. The van der Waals surface area contributed by atoms with E-state index in [1.165, 1.54) is 38.2 Å². The summed E-state index contributed by atoms with van der Waals surface area (Å²) in [6.45, 7) is 4.33. The Balaban J connectivity index is 2.13. The molecule has 0 fully saturated rings. The van der Waals surface area contributed by atoms with E-state index in [1.807, 2.05) is 12.1 Å². The van der Waals surface area contributed by atoms with Gasteiger partial charge in [0.25, 0.3) is 0 Å². The normalized spacial score (nSPS) is 11.2. The second-order valence-corrected chi connectivity index (χ2v) is 6.16. The van der Waals surface area contributed by atoms with E-state index < -0.39 is 0 Å².